The fourth-order valence-corrected chi connectivity index (χ4v) is 2.49. The van der Waals surface area contributed by atoms with E-state index in [2.05, 4.69) is 10.2 Å². The van der Waals surface area contributed by atoms with E-state index in [1.807, 2.05) is 16.8 Å². The molecule has 0 aromatic heterocycles. The van der Waals surface area contributed by atoms with Gasteiger partial charge in [0.25, 0.3) is 0 Å². The van der Waals surface area contributed by atoms with Gasteiger partial charge < -0.3 is 20.0 Å². The molecule has 2 rings (SSSR count). The van der Waals surface area contributed by atoms with E-state index in [1.165, 1.54) is 25.9 Å². The van der Waals surface area contributed by atoms with Crippen LogP contribution in [-0.4, -0.2) is 80.1 Å². The van der Waals surface area contributed by atoms with Gasteiger partial charge >= 0.3 is 6.03 Å². The van der Waals surface area contributed by atoms with Crippen LogP contribution < -0.4 is 5.32 Å². The molecular weight excluding hydrogens is 216 g/mol. The Bertz CT molecular complexity index is 247. The average Bonchev–Trinajstić information content (AvgIpc) is 2.89. The van der Waals surface area contributed by atoms with E-state index in [9.17, 15) is 4.79 Å². The molecule has 2 aliphatic rings. The monoisotopic (exact) mass is 240 g/mol. The van der Waals surface area contributed by atoms with Gasteiger partial charge in [0.2, 0.25) is 0 Å². The van der Waals surface area contributed by atoms with Crippen molar-refractivity contribution in [1.82, 2.24) is 20.0 Å². The number of nitrogens with one attached hydrogen (secondary N) is 1. The number of nitrogens with zero attached hydrogens (tertiary/aromatic N) is 3. The fraction of sp³-hybridized carbons (Fsp3) is 0.917. The summed E-state index contributed by atoms with van der Waals surface area (Å²) in [5.74, 6) is 0. The van der Waals surface area contributed by atoms with E-state index >= 15 is 0 Å². The zero-order valence-electron chi connectivity index (χ0n) is 10.8. The lowest BCUT2D eigenvalue weighted by Gasteiger charge is -2.32. The van der Waals surface area contributed by atoms with E-state index < -0.39 is 0 Å². The number of piperazine rings is 1. The van der Waals surface area contributed by atoms with Gasteiger partial charge in [-0.3, -0.25) is 0 Å². The summed E-state index contributed by atoms with van der Waals surface area (Å²) < 4.78 is 0. The SMILES string of the molecule is CN(CCN1CCCC1)C(=O)N1CCNCC1. The molecule has 0 aromatic rings. The van der Waals surface area contributed by atoms with Crippen LogP contribution >= 0.6 is 0 Å². The second-order valence-electron chi connectivity index (χ2n) is 4.99. The molecule has 2 heterocycles. The van der Waals surface area contributed by atoms with Crippen LogP contribution in [0.15, 0.2) is 0 Å². The highest BCUT2D eigenvalue weighted by Gasteiger charge is 2.20. The topological polar surface area (TPSA) is 38.8 Å². The van der Waals surface area contributed by atoms with Crippen molar-refractivity contribution in [2.45, 2.75) is 12.8 Å². The van der Waals surface area contributed by atoms with Gasteiger partial charge in [0.15, 0.2) is 0 Å². The van der Waals surface area contributed by atoms with Crippen molar-refractivity contribution < 1.29 is 4.79 Å². The third kappa shape index (κ3) is 3.57. The maximum Gasteiger partial charge on any atom is 0.319 e. The number of hydrogen-bond donors (Lipinski definition) is 1. The highest BCUT2D eigenvalue weighted by molar-refractivity contribution is 5.74. The molecule has 0 aliphatic carbocycles. The van der Waals surface area contributed by atoms with Gasteiger partial charge in [-0.25, -0.2) is 4.79 Å². The van der Waals surface area contributed by atoms with E-state index in [-0.39, 0.29) is 6.03 Å². The van der Waals surface area contributed by atoms with Gasteiger partial charge in [-0.15, -0.1) is 0 Å². The van der Waals surface area contributed by atoms with E-state index in [4.69, 9.17) is 0 Å². The van der Waals surface area contributed by atoms with Crippen LogP contribution in [0.1, 0.15) is 12.8 Å². The quantitative estimate of drug-likeness (QED) is 0.757. The minimum atomic E-state index is 0.186. The first-order valence-electron chi connectivity index (χ1n) is 6.70. The van der Waals surface area contributed by atoms with Crippen molar-refractivity contribution in [2.24, 2.45) is 0 Å². The summed E-state index contributed by atoms with van der Waals surface area (Å²) in [6.07, 6.45) is 2.63. The Balaban J connectivity index is 1.70. The van der Waals surface area contributed by atoms with Gasteiger partial charge in [-0.1, -0.05) is 0 Å². The molecule has 0 unspecified atom stereocenters. The number of carbonyl (C=O) groups is 1. The highest BCUT2D eigenvalue weighted by atomic mass is 16.2. The zero-order valence-corrected chi connectivity index (χ0v) is 10.8. The second-order valence-corrected chi connectivity index (χ2v) is 4.99. The van der Waals surface area contributed by atoms with Crippen LogP contribution in [0.2, 0.25) is 0 Å². The molecule has 0 aromatic carbocycles. The Hall–Kier alpha value is -0.810. The Morgan fingerprint density at radius 2 is 1.82 bits per heavy atom. The molecule has 2 amide bonds. The van der Waals surface area contributed by atoms with E-state index in [0.29, 0.717) is 0 Å². The second kappa shape index (κ2) is 6.21. The van der Waals surface area contributed by atoms with Crippen LogP contribution in [0.25, 0.3) is 0 Å². The molecule has 0 atom stereocenters. The Labute approximate surface area is 104 Å². The molecule has 2 saturated heterocycles. The van der Waals surface area contributed by atoms with Gasteiger partial charge in [-0.2, -0.15) is 0 Å². The van der Waals surface area contributed by atoms with Crippen molar-refractivity contribution in [1.29, 1.82) is 0 Å². The van der Waals surface area contributed by atoms with Crippen molar-refractivity contribution in [3.8, 4) is 0 Å². The van der Waals surface area contributed by atoms with Crippen LogP contribution in [0.3, 0.4) is 0 Å². The third-order valence-electron chi connectivity index (χ3n) is 3.66. The first-order chi connectivity index (χ1) is 8.27. The van der Waals surface area contributed by atoms with Crippen molar-refractivity contribution in [3.63, 3.8) is 0 Å². The Kier molecular flexibility index (Phi) is 4.62. The van der Waals surface area contributed by atoms with Crippen molar-refractivity contribution in [2.75, 3.05) is 59.4 Å². The summed E-state index contributed by atoms with van der Waals surface area (Å²) in [5.41, 5.74) is 0. The summed E-state index contributed by atoms with van der Waals surface area (Å²) in [6, 6.07) is 0.186. The minimum Gasteiger partial charge on any atom is -0.326 e. The van der Waals surface area contributed by atoms with Crippen molar-refractivity contribution >= 4 is 6.03 Å². The van der Waals surface area contributed by atoms with Crippen LogP contribution in [0, 0.1) is 0 Å². The van der Waals surface area contributed by atoms with Gasteiger partial charge in [-0.05, 0) is 25.9 Å². The van der Waals surface area contributed by atoms with Gasteiger partial charge in [0.05, 0.1) is 0 Å². The maximum absolute atomic E-state index is 12.1. The maximum atomic E-state index is 12.1. The minimum absolute atomic E-state index is 0.186. The molecule has 1 N–H and O–H groups in total. The standard InChI is InChI=1S/C12H24N4O/c1-14(10-11-15-6-2-3-7-15)12(17)16-8-4-13-5-9-16/h13H,2-11H2,1H3. The molecule has 0 bridgehead atoms. The molecule has 98 valence electrons. The van der Waals surface area contributed by atoms with Gasteiger partial charge in [0, 0.05) is 46.3 Å². The molecule has 17 heavy (non-hydrogen) atoms. The summed E-state index contributed by atoms with van der Waals surface area (Å²) >= 11 is 0. The summed E-state index contributed by atoms with van der Waals surface area (Å²) in [4.78, 5) is 18.4. The summed E-state index contributed by atoms with van der Waals surface area (Å²) in [5, 5.41) is 3.26. The number of rotatable bonds is 3. The first kappa shape index (κ1) is 12.6. The number of likely N-dealkylation sites (N-methyl/N-ethyl adjacent to an activating group) is 1. The number of carbonyl (C=O) groups excluding carboxylic acids is 1. The predicted molar refractivity (Wildman–Crippen MR) is 68.1 cm³/mol. The van der Waals surface area contributed by atoms with E-state index in [1.54, 1.807) is 0 Å². The molecule has 0 radical (unpaired) electrons. The summed E-state index contributed by atoms with van der Waals surface area (Å²) in [6.45, 7) is 7.81. The first-order valence-corrected chi connectivity index (χ1v) is 6.70. The lowest BCUT2D eigenvalue weighted by Crippen LogP contribution is -2.51. The Morgan fingerprint density at radius 3 is 2.47 bits per heavy atom. The molecule has 0 saturated carbocycles. The number of urea groups is 1. The lowest BCUT2D eigenvalue weighted by molar-refractivity contribution is 0.151. The molecule has 5 heteroatoms. The number of amides is 2. The number of hydrogen-bond acceptors (Lipinski definition) is 3. The molecule has 0 spiro atoms. The zero-order chi connectivity index (χ0) is 12.1. The highest BCUT2D eigenvalue weighted by Crippen LogP contribution is 2.07. The molecule has 5 nitrogen and oxygen atoms in total. The lowest BCUT2D eigenvalue weighted by atomic mass is 10.4. The Morgan fingerprint density at radius 1 is 1.18 bits per heavy atom. The van der Waals surface area contributed by atoms with Crippen molar-refractivity contribution in [3.05, 3.63) is 0 Å². The van der Waals surface area contributed by atoms with Gasteiger partial charge in [0.1, 0.15) is 0 Å². The molecular formula is C12H24N4O. The number of likely N-dealkylation sites (tertiary alicyclic amines) is 1. The fourth-order valence-electron chi connectivity index (χ4n) is 2.49. The smallest absolute Gasteiger partial charge is 0.319 e. The van der Waals surface area contributed by atoms with Crippen LogP contribution in [-0.2, 0) is 0 Å². The summed E-state index contributed by atoms with van der Waals surface area (Å²) in [7, 11) is 1.92. The molecule has 2 aliphatic heterocycles. The molecule has 2 fully saturated rings. The normalized spacial score (nSPS) is 21.8. The predicted octanol–water partition coefficient (Wildman–Crippen LogP) is 0.0392. The van der Waals surface area contributed by atoms with E-state index in [0.717, 1.165) is 39.3 Å². The largest absolute Gasteiger partial charge is 0.326 e. The average molecular weight is 240 g/mol. The third-order valence-corrected chi connectivity index (χ3v) is 3.66. The van der Waals surface area contributed by atoms with Crippen LogP contribution in [0.5, 0.6) is 0 Å². The van der Waals surface area contributed by atoms with Crippen LogP contribution in [0.4, 0.5) is 4.79 Å².